The van der Waals surface area contributed by atoms with Gasteiger partial charge in [-0.25, -0.2) is 0 Å². The Bertz CT molecular complexity index is 624. The van der Waals surface area contributed by atoms with Crippen LogP contribution < -0.4 is 15.5 Å². The number of nitrogens with one attached hydrogen (secondary N) is 2. The van der Waals surface area contributed by atoms with Crippen molar-refractivity contribution in [3.8, 4) is 11.5 Å². The summed E-state index contributed by atoms with van der Waals surface area (Å²) in [5.41, 5.74) is 3.46. The monoisotopic (exact) mass is 400 g/mol. The minimum Gasteiger partial charge on any atom is -0.503 e. The molecule has 0 bridgehead atoms. The quantitative estimate of drug-likeness (QED) is 0.266. The fraction of sp³-hybridized carbons (Fsp3) is 0.529. The van der Waals surface area contributed by atoms with E-state index in [-0.39, 0.29) is 10.8 Å². The van der Waals surface area contributed by atoms with Crippen molar-refractivity contribution in [1.82, 2.24) is 15.6 Å². The van der Waals surface area contributed by atoms with E-state index in [0.717, 1.165) is 45.8 Å². The highest BCUT2D eigenvalue weighted by Crippen LogP contribution is 2.34. The van der Waals surface area contributed by atoms with E-state index >= 15 is 0 Å². The van der Waals surface area contributed by atoms with Crippen molar-refractivity contribution in [3.05, 3.63) is 22.7 Å². The molecule has 1 aromatic carbocycles. The molecule has 1 aliphatic heterocycles. The number of aromatic hydroxyl groups is 1. The largest absolute Gasteiger partial charge is 0.503 e. The van der Waals surface area contributed by atoms with Crippen LogP contribution in [0.1, 0.15) is 18.9 Å². The van der Waals surface area contributed by atoms with Gasteiger partial charge in [0.25, 0.3) is 0 Å². The van der Waals surface area contributed by atoms with Gasteiger partial charge in [-0.2, -0.15) is 5.10 Å². The van der Waals surface area contributed by atoms with Crippen LogP contribution in [0.5, 0.6) is 11.5 Å². The van der Waals surface area contributed by atoms with Gasteiger partial charge in [-0.15, -0.1) is 0 Å². The first-order valence-electron chi connectivity index (χ1n) is 8.62. The van der Waals surface area contributed by atoms with E-state index < -0.39 is 0 Å². The number of halogens is 1. The first-order chi connectivity index (χ1) is 12.6. The molecule has 3 N–H and O–H groups in total. The summed E-state index contributed by atoms with van der Waals surface area (Å²) in [5.74, 6) is 0.251. The Morgan fingerprint density at radius 2 is 2.23 bits per heavy atom. The number of hydrogen-bond donors (Lipinski definition) is 3. The molecule has 9 heteroatoms. The maximum atomic E-state index is 9.82. The van der Waals surface area contributed by atoms with Gasteiger partial charge in [-0.3, -0.25) is 10.3 Å². The number of benzene rings is 1. The molecule has 1 saturated heterocycles. The van der Waals surface area contributed by atoms with Crippen LogP contribution in [0.2, 0.25) is 5.02 Å². The maximum Gasteiger partial charge on any atom is 0.186 e. The zero-order valence-corrected chi connectivity index (χ0v) is 16.4. The summed E-state index contributed by atoms with van der Waals surface area (Å²) in [5, 5.41) is 17.7. The average Bonchev–Trinajstić information content (AvgIpc) is 2.64. The summed E-state index contributed by atoms with van der Waals surface area (Å²) in [6.45, 7) is 7.67. The second-order valence-electron chi connectivity index (χ2n) is 5.72. The van der Waals surface area contributed by atoms with Crippen LogP contribution in [-0.4, -0.2) is 67.3 Å². The van der Waals surface area contributed by atoms with Gasteiger partial charge in [0.05, 0.1) is 31.1 Å². The van der Waals surface area contributed by atoms with Gasteiger partial charge in [-0.1, -0.05) is 11.6 Å². The third kappa shape index (κ3) is 6.95. The highest BCUT2D eigenvalue weighted by Gasteiger charge is 2.10. The second kappa shape index (κ2) is 11.2. The van der Waals surface area contributed by atoms with Crippen molar-refractivity contribution < 1.29 is 14.6 Å². The van der Waals surface area contributed by atoms with Gasteiger partial charge in [0, 0.05) is 19.6 Å². The third-order valence-corrected chi connectivity index (χ3v) is 4.29. The van der Waals surface area contributed by atoms with E-state index in [1.165, 1.54) is 0 Å². The third-order valence-electron chi connectivity index (χ3n) is 3.77. The standard InChI is InChI=1S/C17H25ClN4O3S/c1-2-25-15-11-13(10-14(18)16(15)23)12-20-21-17(26)19-4-3-5-22-6-8-24-9-7-22/h10-12,23H,2-9H2,1H3,(H2,19,21,26)/b20-12+. The molecule has 7 nitrogen and oxygen atoms in total. The molecule has 0 aliphatic carbocycles. The Kier molecular flexibility index (Phi) is 8.90. The molecular formula is C17H25ClN4O3S. The van der Waals surface area contributed by atoms with Crippen LogP contribution in [0.4, 0.5) is 0 Å². The van der Waals surface area contributed by atoms with Crippen molar-refractivity contribution in [2.45, 2.75) is 13.3 Å². The SMILES string of the molecule is CCOc1cc(/C=N/NC(=S)NCCCN2CCOCC2)cc(Cl)c1O. The minimum absolute atomic E-state index is 0.0731. The number of phenolic OH excluding ortho intramolecular Hbond substituents is 1. The number of rotatable bonds is 8. The molecule has 26 heavy (non-hydrogen) atoms. The molecular weight excluding hydrogens is 376 g/mol. The first kappa shape index (κ1) is 20.7. The molecule has 0 unspecified atom stereocenters. The summed E-state index contributed by atoms with van der Waals surface area (Å²) in [4.78, 5) is 2.38. The van der Waals surface area contributed by atoms with E-state index in [1.54, 1.807) is 18.3 Å². The summed E-state index contributed by atoms with van der Waals surface area (Å²) < 4.78 is 10.7. The van der Waals surface area contributed by atoms with Gasteiger partial charge in [0.1, 0.15) is 0 Å². The molecule has 0 saturated carbocycles. The van der Waals surface area contributed by atoms with Crippen LogP contribution in [0.3, 0.4) is 0 Å². The minimum atomic E-state index is -0.0731. The molecule has 0 spiro atoms. The number of thiocarbonyl (C=S) groups is 1. The van der Waals surface area contributed by atoms with E-state index in [4.69, 9.17) is 33.3 Å². The zero-order valence-electron chi connectivity index (χ0n) is 14.8. The number of ether oxygens (including phenoxy) is 2. The van der Waals surface area contributed by atoms with E-state index in [1.807, 2.05) is 6.92 Å². The molecule has 0 aromatic heterocycles. The maximum absolute atomic E-state index is 9.82. The van der Waals surface area contributed by atoms with Crippen molar-refractivity contribution in [2.24, 2.45) is 5.10 Å². The van der Waals surface area contributed by atoms with Crippen LogP contribution >= 0.6 is 23.8 Å². The zero-order chi connectivity index (χ0) is 18.8. The molecule has 1 aromatic rings. The summed E-state index contributed by atoms with van der Waals surface area (Å²) in [6, 6.07) is 3.26. The highest BCUT2D eigenvalue weighted by molar-refractivity contribution is 7.80. The van der Waals surface area contributed by atoms with Gasteiger partial charge < -0.3 is 19.9 Å². The second-order valence-corrected chi connectivity index (χ2v) is 6.53. The Morgan fingerprint density at radius 3 is 2.96 bits per heavy atom. The Labute approximate surface area is 164 Å². The summed E-state index contributed by atoms with van der Waals surface area (Å²) >= 11 is 11.2. The topological polar surface area (TPSA) is 78.4 Å². The molecule has 2 rings (SSSR count). The normalized spacial score (nSPS) is 15.2. The van der Waals surface area contributed by atoms with Gasteiger partial charge in [0.15, 0.2) is 16.6 Å². The number of hydrazone groups is 1. The predicted molar refractivity (Wildman–Crippen MR) is 107 cm³/mol. The number of morpholine rings is 1. The summed E-state index contributed by atoms with van der Waals surface area (Å²) in [6.07, 6.45) is 2.56. The van der Waals surface area contributed by atoms with Crippen molar-refractivity contribution in [3.63, 3.8) is 0 Å². The Hall–Kier alpha value is -1.61. The first-order valence-corrected chi connectivity index (χ1v) is 9.41. The van der Waals surface area contributed by atoms with E-state index in [9.17, 15) is 5.11 Å². The van der Waals surface area contributed by atoms with Gasteiger partial charge >= 0.3 is 0 Å². The lowest BCUT2D eigenvalue weighted by Crippen LogP contribution is -2.39. The fourth-order valence-electron chi connectivity index (χ4n) is 2.47. The highest BCUT2D eigenvalue weighted by atomic mass is 35.5. The molecule has 144 valence electrons. The van der Waals surface area contributed by atoms with Crippen molar-refractivity contribution >= 4 is 35.1 Å². The predicted octanol–water partition coefficient (Wildman–Crippen LogP) is 1.96. The molecule has 0 atom stereocenters. The van der Waals surface area contributed by atoms with Crippen LogP contribution in [0, 0.1) is 0 Å². The Morgan fingerprint density at radius 1 is 1.46 bits per heavy atom. The molecule has 1 aliphatic rings. The lowest BCUT2D eigenvalue weighted by atomic mass is 10.2. The smallest absolute Gasteiger partial charge is 0.186 e. The fourth-order valence-corrected chi connectivity index (χ4v) is 2.84. The van der Waals surface area contributed by atoms with Gasteiger partial charge in [-0.05, 0) is 49.8 Å². The van der Waals surface area contributed by atoms with Crippen LogP contribution in [0.15, 0.2) is 17.2 Å². The van der Waals surface area contributed by atoms with Crippen LogP contribution in [-0.2, 0) is 4.74 Å². The molecule has 0 amide bonds. The molecule has 1 heterocycles. The number of phenols is 1. The van der Waals surface area contributed by atoms with E-state index in [0.29, 0.717) is 23.0 Å². The average molecular weight is 401 g/mol. The van der Waals surface area contributed by atoms with Crippen LogP contribution in [0.25, 0.3) is 0 Å². The molecule has 0 radical (unpaired) electrons. The van der Waals surface area contributed by atoms with Gasteiger partial charge in [0.2, 0.25) is 0 Å². The lowest BCUT2D eigenvalue weighted by molar-refractivity contribution is 0.0376. The van der Waals surface area contributed by atoms with E-state index in [2.05, 4.69) is 20.7 Å². The van der Waals surface area contributed by atoms with Crippen molar-refractivity contribution in [2.75, 3.05) is 46.0 Å². The Balaban J connectivity index is 1.71. The van der Waals surface area contributed by atoms with Crippen molar-refractivity contribution in [1.29, 1.82) is 0 Å². The number of hydrogen-bond acceptors (Lipinski definition) is 6. The lowest BCUT2D eigenvalue weighted by Gasteiger charge is -2.26. The summed E-state index contributed by atoms with van der Waals surface area (Å²) in [7, 11) is 0. The molecule has 1 fully saturated rings. The number of nitrogens with zero attached hydrogens (tertiary/aromatic N) is 2.